The maximum atomic E-state index is 11.5. The summed E-state index contributed by atoms with van der Waals surface area (Å²) in [5, 5.41) is 15.9. The van der Waals surface area contributed by atoms with Crippen LogP contribution in [-0.2, 0) is 22.5 Å². The van der Waals surface area contributed by atoms with Crippen LogP contribution in [0.4, 0.5) is 5.82 Å². The van der Waals surface area contributed by atoms with Crippen molar-refractivity contribution in [3.8, 4) is 11.6 Å². The second-order valence-corrected chi connectivity index (χ2v) is 6.63. The number of nitrogens with zero attached hydrogens (tertiary/aromatic N) is 5. The van der Waals surface area contributed by atoms with Crippen LogP contribution < -0.4 is 16.4 Å². The lowest BCUT2D eigenvalue weighted by Crippen LogP contribution is -2.35. The fourth-order valence-corrected chi connectivity index (χ4v) is 3.21. The number of rotatable bonds is 7. The zero-order valence-corrected chi connectivity index (χ0v) is 16.2. The maximum Gasteiger partial charge on any atom is 0.306 e. The molecule has 1 aliphatic heterocycles. The van der Waals surface area contributed by atoms with E-state index in [4.69, 9.17) is 14.6 Å². The van der Waals surface area contributed by atoms with Gasteiger partial charge in [-0.3, -0.25) is 20.3 Å². The third-order valence-corrected chi connectivity index (χ3v) is 4.57. The molecule has 11 nitrogen and oxygen atoms in total. The Balaban J connectivity index is 1.44. The molecule has 0 aliphatic carbocycles. The number of oxazole rings is 1. The molecule has 29 heavy (non-hydrogen) atoms. The molecule has 3 aromatic heterocycles. The van der Waals surface area contributed by atoms with Gasteiger partial charge in [0.1, 0.15) is 23.9 Å². The first kappa shape index (κ1) is 18.7. The molecule has 0 spiro atoms. The number of fused-ring (bicyclic) bond motifs is 1. The molecule has 1 aliphatic rings. The minimum atomic E-state index is -0.209. The molecule has 1 unspecified atom stereocenters. The number of esters is 1. The number of ether oxygens (including phenoxy) is 1. The molecule has 0 radical (unpaired) electrons. The predicted molar refractivity (Wildman–Crippen MR) is 102 cm³/mol. The van der Waals surface area contributed by atoms with Crippen molar-refractivity contribution in [3.05, 3.63) is 41.6 Å². The van der Waals surface area contributed by atoms with Crippen LogP contribution in [0.2, 0.25) is 0 Å². The van der Waals surface area contributed by atoms with E-state index in [1.807, 2.05) is 13.1 Å². The first-order chi connectivity index (χ1) is 14.0. The molecule has 0 saturated heterocycles. The molecule has 0 fully saturated rings. The number of carbonyl (C=O) groups is 1. The second kappa shape index (κ2) is 7.78. The van der Waals surface area contributed by atoms with E-state index in [0.717, 1.165) is 16.9 Å². The molecule has 0 saturated carbocycles. The van der Waals surface area contributed by atoms with E-state index in [2.05, 4.69) is 25.8 Å². The summed E-state index contributed by atoms with van der Waals surface area (Å²) in [6.45, 7) is 4.60. The third kappa shape index (κ3) is 3.84. The van der Waals surface area contributed by atoms with Crippen LogP contribution in [0.15, 0.2) is 29.3 Å². The molecule has 4 heterocycles. The van der Waals surface area contributed by atoms with E-state index in [0.29, 0.717) is 37.6 Å². The Morgan fingerprint density at radius 2 is 2.31 bits per heavy atom. The van der Waals surface area contributed by atoms with Gasteiger partial charge in [0.2, 0.25) is 11.5 Å². The van der Waals surface area contributed by atoms with E-state index in [1.165, 1.54) is 6.26 Å². The number of anilines is 1. The van der Waals surface area contributed by atoms with Gasteiger partial charge in [-0.1, -0.05) is 0 Å². The summed E-state index contributed by atoms with van der Waals surface area (Å²) in [6.07, 6.45) is 7.41. The number of aryl methyl sites for hydroxylation is 1. The average molecular weight is 398 g/mol. The predicted octanol–water partition coefficient (Wildman–Crippen LogP) is 1.01. The summed E-state index contributed by atoms with van der Waals surface area (Å²) in [5.41, 5.74) is 5.58. The number of carbonyl (C=O) groups excluding carboxylic acids is 1. The van der Waals surface area contributed by atoms with Crippen molar-refractivity contribution in [3.63, 3.8) is 0 Å². The van der Waals surface area contributed by atoms with Gasteiger partial charge in [0.05, 0.1) is 25.5 Å². The van der Waals surface area contributed by atoms with Crippen LogP contribution in [0.25, 0.3) is 11.6 Å². The van der Waals surface area contributed by atoms with Crippen LogP contribution in [0.1, 0.15) is 24.5 Å². The Kier molecular flexibility index (Phi) is 5.02. The van der Waals surface area contributed by atoms with E-state index >= 15 is 0 Å². The Morgan fingerprint density at radius 3 is 3.07 bits per heavy atom. The van der Waals surface area contributed by atoms with E-state index in [1.54, 1.807) is 28.7 Å². The average Bonchev–Trinajstić information content (AvgIpc) is 3.44. The molecule has 11 heteroatoms. The van der Waals surface area contributed by atoms with Crippen LogP contribution in [0.5, 0.6) is 0 Å². The molecule has 3 N–H and O–H groups in total. The maximum absolute atomic E-state index is 11.5. The Morgan fingerprint density at radius 1 is 1.45 bits per heavy atom. The van der Waals surface area contributed by atoms with Crippen molar-refractivity contribution >= 4 is 11.8 Å². The van der Waals surface area contributed by atoms with Crippen molar-refractivity contribution in [2.45, 2.75) is 39.4 Å². The Bertz CT molecular complexity index is 1070. The lowest BCUT2D eigenvalue weighted by Gasteiger charge is -2.11. The minimum Gasteiger partial charge on any atom is -0.466 e. The van der Waals surface area contributed by atoms with Gasteiger partial charge in [0.15, 0.2) is 0 Å². The standard InChI is InChI=1S/C18H22N8O3/c1-3-28-14(27)5-4-12-8-21-25(9-12)10-13-22-16-11(2)15(17-20-6-7-29-17)23-18(19)26(16)24-13/h6-9,13,19,22,24H,3-5,10H2,1-2H3. The Labute approximate surface area is 166 Å². The molecular formula is C18H22N8O3. The van der Waals surface area contributed by atoms with Crippen LogP contribution >= 0.6 is 0 Å². The van der Waals surface area contributed by atoms with E-state index in [-0.39, 0.29) is 17.8 Å². The Hall–Kier alpha value is -3.63. The number of hydrogen-bond donors (Lipinski definition) is 3. The highest BCUT2D eigenvalue weighted by Gasteiger charge is 2.25. The third-order valence-electron chi connectivity index (χ3n) is 4.57. The normalized spacial score (nSPS) is 14.9. The van der Waals surface area contributed by atoms with Gasteiger partial charge in [0.25, 0.3) is 0 Å². The number of aromatic nitrogens is 5. The van der Waals surface area contributed by atoms with Crippen molar-refractivity contribution in [2.75, 3.05) is 17.3 Å². The molecule has 3 aromatic rings. The summed E-state index contributed by atoms with van der Waals surface area (Å²) in [7, 11) is 0. The van der Waals surface area contributed by atoms with Crippen LogP contribution in [-0.4, -0.2) is 43.2 Å². The van der Waals surface area contributed by atoms with Gasteiger partial charge in [-0.15, -0.1) is 0 Å². The van der Waals surface area contributed by atoms with Crippen molar-refractivity contribution in [1.29, 1.82) is 5.41 Å². The van der Waals surface area contributed by atoms with Crippen LogP contribution in [0, 0.1) is 12.3 Å². The van der Waals surface area contributed by atoms with Gasteiger partial charge >= 0.3 is 5.97 Å². The number of nitrogens with one attached hydrogen (secondary N) is 3. The summed E-state index contributed by atoms with van der Waals surface area (Å²) in [6, 6.07) is 0. The monoisotopic (exact) mass is 398 g/mol. The summed E-state index contributed by atoms with van der Waals surface area (Å²) >= 11 is 0. The topological polar surface area (TPSA) is 136 Å². The highest BCUT2D eigenvalue weighted by Crippen LogP contribution is 2.26. The van der Waals surface area contributed by atoms with Gasteiger partial charge in [0, 0.05) is 18.2 Å². The van der Waals surface area contributed by atoms with Crippen molar-refractivity contribution < 1.29 is 13.9 Å². The summed E-state index contributed by atoms with van der Waals surface area (Å²) in [4.78, 5) is 19.9. The van der Waals surface area contributed by atoms with Crippen LogP contribution in [0.3, 0.4) is 0 Å². The first-order valence-electron chi connectivity index (χ1n) is 9.33. The zero-order chi connectivity index (χ0) is 20.4. The lowest BCUT2D eigenvalue weighted by atomic mass is 10.2. The minimum absolute atomic E-state index is 0.0457. The largest absolute Gasteiger partial charge is 0.466 e. The fourth-order valence-electron chi connectivity index (χ4n) is 3.21. The highest BCUT2D eigenvalue weighted by molar-refractivity contribution is 5.69. The molecular weight excluding hydrogens is 376 g/mol. The smallest absolute Gasteiger partial charge is 0.306 e. The second-order valence-electron chi connectivity index (χ2n) is 6.63. The molecule has 0 amide bonds. The highest BCUT2D eigenvalue weighted by atomic mass is 16.5. The molecule has 152 valence electrons. The zero-order valence-electron chi connectivity index (χ0n) is 16.2. The quantitative estimate of drug-likeness (QED) is 0.502. The fraction of sp³-hybridized carbons (Fsp3) is 0.389. The number of hydrogen-bond acceptors (Lipinski definition) is 9. The van der Waals surface area contributed by atoms with E-state index in [9.17, 15) is 4.79 Å². The lowest BCUT2D eigenvalue weighted by molar-refractivity contribution is -0.143. The van der Waals surface area contributed by atoms with Gasteiger partial charge in [-0.2, -0.15) is 5.10 Å². The summed E-state index contributed by atoms with van der Waals surface area (Å²) in [5.74, 6) is 0.903. The first-order valence-corrected chi connectivity index (χ1v) is 9.33. The summed E-state index contributed by atoms with van der Waals surface area (Å²) < 4.78 is 13.7. The van der Waals surface area contributed by atoms with Gasteiger partial charge in [-0.25, -0.2) is 14.6 Å². The van der Waals surface area contributed by atoms with Crippen molar-refractivity contribution in [2.24, 2.45) is 0 Å². The van der Waals surface area contributed by atoms with E-state index < -0.39 is 0 Å². The molecule has 0 bridgehead atoms. The van der Waals surface area contributed by atoms with Gasteiger partial charge < -0.3 is 14.5 Å². The SMILES string of the molecule is CCOC(=O)CCc1cnn(CC2Nc3c(C)c(-c4ncco4)nc(=N)n3N2)c1. The van der Waals surface area contributed by atoms with Crippen molar-refractivity contribution in [1.82, 2.24) is 24.4 Å². The molecule has 4 rings (SSSR count). The molecule has 0 aromatic carbocycles. The molecule has 1 atom stereocenters. The van der Waals surface area contributed by atoms with Gasteiger partial charge in [-0.05, 0) is 25.8 Å².